The number of aliphatic imine (C=N–C) groups is 1. The third-order valence-corrected chi connectivity index (χ3v) is 1.12. The van der Waals surface area contributed by atoms with Crippen LogP contribution in [0.5, 0.6) is 0 Å². The Balaban J connectivity index is 2.82. The monoisotopic (exact) mass is 155 g/mol. The topological polar surface area (TPSA) is 55.5 Å². The fourth-order valence-electron chi connectivity index (χ4n) is 0.644. The number of hydrogen-bond acceptors (Lipinski definition) is 5. The van der Waals surface area contributed by atoms with Crippen molar-refractivity contribution in [3.63, 3.8) is 0 Å². The van der Waals surface area contributed by atoms with Gasteiger partial charge in [-0.2, -0.15) is 5.10 Å². The maximum atomic E-state index is 4.89. The van der Waals surface area contributed by atoms with Crippen molar-refractivity contribution in [1.29, 1.82) is 0 Å². The molecule has 0 aromatic heterocycles. The minimum Gasteiger partial charge on any atom is -0.477 e. The maximum Gasteiger partial charge on any atom is 0.296 e. The second kappa shape index (κ2) is 3.70. The van der Waals surface area contributed by atoms with Gasteiger partial charge in [0.1, 0.15) is 0 Å². The van der Waals surface area contributed by atoms with Crippen LogP contribution in [0, 0.1) is 0 Å². The quantitative estimate of drug-likeness (QED) is 0.497. The van der Waals surface area contributed by atoms with Gasteiger partial charge >= 0.3 is 0 Å². The van der Waals surface area contributed by atoms with E-state index in [1.54, 1.807) is 6.21 Å². The van der Waals surface area contributed by atoms with Crippen molar-refractivity contribution < 1.29 is 9.47 Å². The molecule has 11 heavy (non-hydrogen) atoms. The van der Waals surface area contributed by atoms with E-state index in [2.05, 4.69) is 15.2 Å². The Kier molecular flexibility index (Phi) is 2.59. The number of rotatable bonds is 0. The van der Waals surface area contributed by atoms with Gasteiger partial charge in [0.2, 0.25) is 0 Å². The molecule has 0 spiro atoms. The van der Waals surface area contributed by atoms with Crippen LogP contribution in [0.25, 0.3) is 0 Å². The lowest BCUT2D eigenvalue weighted by molar-refractivity contribution is 0.366. The SMILES string of the molecule is COC1=NCC=NN=C1OC. The summed E-state index contributed by atoms with van der Waals surface area (Å²) in [7, 11) is 3.01. The van der Waals surface area contributed by atoms with Crippen molar-refractivity contribution >= 4 is 18.0 Å². The van der Waals surface area contributed by atoms with Crippen LogP contribution in [-0.2, 0) is 9.47 Å². The zero-order valence-corrected chi connectivity index (χ0v) is 6.44. The summed E-state index contributed by atoms with van der Waals surface area (Å²) in [5.41, 5.74) is 0. The highest BCUT2D eigenvalue weighted by molar-refractivity contribution is 6.35. The van der Waals surface area contributed by atoms with E-state index in [0.717, 1.165) is 0 Å². The predicted molar refractivity (Wildman–Crippen MR) is 42.2 cm³/mol. The lowest BCUT2D eigenvalue weighted by atomic mass is 10.6. The summed E-state index contributed by atoms with van der Waals surface area (Å²) in [5, 5.41) is 7.37. The predicted octanol–water partition coefficient (Wildman–Crippen LogP) is 0.0756. The molecule has 0 aromatic rings. The molecule has 1 aliphatic heterocycles. The van der Waals surface area contributed by atoms with Gasteiger partial charge in [0.25, 0.3) is 11.8 Å². The van der Waals surface area contributed by atoms with Crippen LogP contribution in [0.1, 0.15) is 0 Å². The molecule has 0 N–H and O–H groups in total. The Labute approximate surface area is 64.4 Å². The van der Waals surface area contributed by atoms with E-state index < -0.39 is 0 Å². The van der Waals surface area contributed by atoms with Crippen LogP contribution in [0.2, 0.25) is 0 Å². The third kappa shape index (κ3) is 1.76. The maximum absolute atomic E-state index is 4.89. The van der Waals surface area contributed by atoms with Gasteiger partial charge in [-0.1, -0.05) is 0 Å². The molecule has 0 amide bonds. The zero-order chi connectivity index (χ0) is 8.10. The Bertz CT molecular complexity index is 220. The standard InChI is InChI=1S/C6H9N3O2/c1-10-5-6(11-2)9-8-4-3-7-5/h4H,3H2,1-2H3. The Morgan fingerprint density at radius 2 is 2.00 bits per heavy atom. The molecule has 0 aromatic carbocycles. The van der Waals surface area contributed by atoms with Gasteiger partial charge in [-0.05, 0) is 0 Å². The van der Waals surface area contributed by atoms with Gasteiger partial charge < -0.3 is 9.47 Å². The lowest BCUT2D eigenvalue weighted by Crippen LogP contribution is -2.17. The molecule has 1 heterocycles. The summed E-state index contributed by atoms with van der Waals surface area (Å²) in [6.07, 6.45) is 1.57. The summed E-state index contributed by atoms with van der Waals surface area (Å²) in [6, 6.07) is 0. The minimum atomic E-state index is 0.307. The van der Waals surface area contributed by atoms with E-state index in [-0.39, 0.29) is 0 Å². The van der Waals surface area contributed by atoms with E-state index in [4.69, 9.17) is 9.47 Å². The Morgan fingerprint density at radius 1 is 1.27 bits per heavy atom. The van der Waals surface area contributed by atoms with Crippen molar-refractivity contribution in [3.8, 4) is 0 Å². The van der Waals surface area contributed by atoms with Crippen LogP contribution >= 0.6 is 0 Å². The molecule has 5 heteroatoms. The number of methoxy groups -OCH3 is 2. The average Bonchev–Trinajstić information content (AvgIpc) is 2.27. The van der Waals surface area contributed by atoms with Crippen molar-refractivity contribution in [2.45, 2.75) is 0 Å². The van der Waals surface area contributed by atoms with Gasteiger partial charge in [-0.25, -0.2) is 4.99 Å². The second-order valence-electron chi connectivity index (χ2n) is 1.76. The van der Waals surface area contributed by atoms with E-state index in [1.165, 1.54) is 14.2 Å². The van der Waals surface area contributed by atoms with Crippen molar-refractivity contribution in [2.75, 3.05) is 20.8 Å². The molecule has 0 aliphatic carbocycles. The van der Waals surface area contributed by atoms with Crippen LogP contribution in [-0.4, -0.2) is 38.8 Å². The summed E-state index contributed by atoms with van der Waals surface area (Å²) in [6.45, 7) is 0.472. The summed E-state index contributed by atoms with van der Waals surface area (Å²) < 4.78 is 9.74. The molecule has 0 saturated heterocycles. The smallest absolute Gasteiger partial charge is 0.296 e. The zero-order valence-electron chi connectivity index (χ0n) is 6.44. The molecule has 0 saturated carbocycles. The molecule has 0 bridgehead atoms. The van der Waals surface area contributed by atoms with E-state index >= 15 is 0 Å². The van der Waals surface area contributed by atoms with Crippen LogP contribution < -0.4 is 0 Å². The van der Waals surface area contributed by atoms with Crippen LogP contribution in [0.15, 0.2) is 15.2 Å². The first-order chi connectivity index (χ1) is 5.38. The Hall–Kier alpha value is -1.39. The summed E-state index contributed by atoms with van der Waals surface area (Å²) in [4.78, 5) is 3.98. The van der Waals surface area contributed by atoms with E-state index in [9.17, 15) is 0 Å². The number of hydrogen-bond donors (Lipinski definition) is 0. The highest BCUT2D eigenvalue weighted by Crippen LogP contribution is 1.92. The number of nitrogens with zero attached hydrogens (tertiary/aromatic N) is 3. The molecule has 1 rings (SSSR count). The van der Waals surface area contributed by atoms with Crippen LogP contribution in [0.4, 0.5) is 0 Å². The second-order valence-corrected chi connectivity index (χ2v) is 1.76. The molecule has 0 radical (unpaired) electrons. The summed E-state index contributed by atoms with van der Waals surface area (Å²) >= 11 is 0. The first-order valence-electron chi connectivity index (χ1n) is 3.10. The van der Waals surface area contributed by atoms with E-state index in [0.29, 0.717) is 18.3 Å². The lowest BCUT2D eigenvalue weighted by Gasteiger charge is -2.02. The molecular formula is C6H9N3O2. The first kappa shape index (κ1) is 7.71. The van der Waals surface area contributed by atoms with Crippen molar-refractivity contribution in [2.24, 2.45) is 15.2 Å². The minimum absolute atomic E-state index is 0.307. The Morgan fingerprint density at radius 3 is 2.64 bits per heavy atom. The largest absolute Gasteiger partial charge is 0.477 e. The van der Waals surface area contributed by atoms with Crippen LogP contribution in [0.3, 0.4) is 0 Å². The number of ether oxygens (including phenoxy) is 2. The average molecular weight is 155 g/mol. The third-order valence-electron chi connectivity index (χ3n) is 1.12. The fourth-order valence-corrected chi connectivity index (χ4v) is 0.644. The molecule has 0 fully saturated rings. The van der Waals surface area contributed by atoms with Gasteiger partial charge in [0.05, 0.1) is 20.8 Å². The van der Waals surface area contributed by atoms with Gasteiger partial charge in [-0.3, -0.25) is 0 Å². The van der Waals surface area contributed by atoms with E-state index in [1.807, 2.05) is 0 Å². The summed E-state index contributed by atoms with van der Waals surface area (Å²) in [5.74, 6) is 0.686. The first-order valence-corrected chi connectivity index (χ1v) is 3.10. The van der Waals surface area contributed by atoms with Gasteiger partial charge in [-0.15, -0.1) is 5.10 Å². The molecule has 5 nitrogen and oxygen atoms in total. The van der Waals surface area contributed by atoms with Gasteiger partial charge in [0, 0.05) is 6.21 Å². The van der Waals surface area contributed by atoms with Gasteiger partial charge in [0.15, 0.2) is 0 Å². The highest BCUT2D eigenvalue weighted by Gasteiger charge is 2.10. The normalized spacial score (nSPS) is 16.5. The molecule has 1 aliphatic rings. The molecule has 0 unspecified atom stereocenters. The fraction of sp³-hybridized carbons (Fsp3) is 0.500. The molecule has 60 valence electrons. The molecule has 0 atom stereocenters. The van der Waals surface area contributed by atoms with Crippen molar-refractivity contribution in [3.05, 3.63) is 0 Å². The van der Waals surface area contributed by atoms with Crippen molar-refractivity contribution in [1.82, 2.24) is 0 Å². The highest BCUT2D eigenvalue weighted by atomic mass is 16.5. The molecular weight excluding hydrogens is 146 g/mol.